The summed E-state index contributed by atoms with van der Waals surface area (Å²) < 4.78 is 0. The second-order valence-electron chi connectivity index (χ2n) is 3.71. The van der Waals surface area contributed by atoms with E-state index in [0.29, 0.717) is 6.04 Å². The number of aryl methyl sites for hydroxylation is 1. The highest BCUT2D eigenvalue weighted by molar-refractivity contribution is 7.99. The Balaban J connectivity index is 1.88. The fourth-order valence-corrected chi connectivity index (χ4v) is 2.83. The lowest BCUT2D eigenvalue weighted by Crippen LogP contribution is -2.28. The fraction of sp³-hybridized carbons (Fsp3) is 0.545. The van der Waals surface area contributed by atoms with Gasteiger partial charge in [0.15, 0.2) is 0 Å². The topological polar surface area (TPSA) is 24.9 Å². The van der Waals surface area contributed by atoms with E-state index in [4.69, 9.17) is 0 Å². The van der Waals surface area contributed by atoms with Gasteiger partial charge in [0.2, 0.25) is 0 Å². The lowest BCUT2D eigenvalue weighted by molar-refractivity contribution is 0.551. The molecule has 1 saturated heterocycles. The van der Waals surface area contributed by atoms with E-state index >= 15 is 0 Å². The standard InChI is InChI=1S/C11H16N2S/c1-9-3-2-5-12-11(9)7-13-10-4-6-14-8-10/h2-3,5,10,13H,4,6-8H2,1H3. The molecule has 0 aliphatic carbocycles. The molecule has 0 spiro atoms. The minimum absolute atomic E-state index is 0.696. The zero-order chi connectivity index (χ0) is 9.80. The van der Waals surface area contributed by atoms with Crippen LogP contribution in [-0.4, -0.2) is 22.5 Å². The van der Waals surface area contributed by atoms with Gasteiger partial charge in [0.05, 0.1) is 5.69 Å². The predicted molar refractivity (Wildman–Crippen MR) is 61.5 cm³/mol. The van der Waals surface area contributed by atoms with Gasteiger partial charge in [-0.2, -0.15) is 11.8 Å². The first-order valence-electron chi connectivity index (χ1n) is 5.08. The van der Waals surface area contributed by atoms with Crippen LogP contribution in [0.25, 0.3) is 0 Å². The molecule has 2 heterocycles. The van der Waals surface area contributed by atoms with Gasteiger partial charge in [-0.15, -0.1) is 0 Å². The monoisotopic (exact) mass is 208 g/mol. The van der Waals surface area contributed by atoms with E-state index in [-0.39, 0.29) is 0 Å². The predicted octanol–water partition coefficient (Wildman–Crippen LogP) is 1.99. The third kappa shape index (κ3) is 2.49. The van der Waals surface area contributed by atoms with E-state index in [9.17, 15) is 0 Å². The summed E-state index contributed by atoms with van der Waals surface area (Å²) in [6, 6.07) is 4.80. The van der Waals surface area contributed by atoms with E-state index in [1.807, 2.05) is 24.0 Å². The third-order valence-electron chi connectivity index (χ3n) is 2.61. The van der Waals surface area contributed by atoms with Crippen molar-refractivity contribution < 1.29 is 0 Å². The Bertz CT molecular complexity index is 295. The molecule has 1 N–H and O–H groups in total. The summed E-state index contributed by atoms with van der Waals surface area (Å²) in [5.41, 5.74) is 2.47. The average molecular weight is 208 g/mol. The molecule has 0 amide bonds. The summed E-state index contributed by atoms with van der Waals surface area (Å²) in [5, 5.41) is 3.56. The lowest BCUT2D eigenvalue weighted by atomic mass is 10.2. The molecule has 0 bridgehead atoms. The molecular weight excluding hydrogens is 192 g/mol. The maximum absolute atomic E-state index is 4.37. The molecule has 1 fully saturated rings. The van der Waals surface area contributed by atoms with Gasteiger partial charge in [0, 0.05) is 24.5 Å². The molecule has 1 aromatic heterocycles. The highest BCUT2D eigenvalue weighted by Gasteiger charge is 2.14. The summed E-state index contributed by atoms with van der Waals surface area (Å²) in [6.07, 6.45) is 3.17. The van der Waals surface area contributed by atoms with Crippen LogP contribution >= 0.6 is 11.8 Å². The molecule has 2 nitrogen and oxygen atoms in total. The van der Waals surface area contributed by atoms with Crippen LogP contribution in [0.5, 0.6) is 0 Å². The Labute approximate surface area is 89.5 Å². The van der Waals surface area contributed by atoms with Crippen molar-refractivity contribution in [2.45, 2.75) is 25.9 Å². The Morgan fingerprint density at radius 3 is 3.29 bits per heavy atom. The minimum Gasteiger partial charge on any atom is -0.308 e. The quantitative estimate of drug-likeness (QED) is 0.822. The Morgan fingerprint density at radius 2 is 2.57 bits per heavy atom. The molecule has 14 heavy (non-hydrogen) atoms. The van der Waals surface area contributed by atoms with Gasteiger partial charge in [0.25, 0.3) is 0 Å². The molecule has 1 aliphatic rings. The zero-order valence-corrected chi connectivity index (χ0v) is 9.31. The third-order valence-corrected chi connectivity index (χ3v) is 3.77. The SMILES string of the molecule is Cc1cccnc1CNC1CCSC1. The van der Waals surface area contributed by atoms with Crippen molar-refractivity contribution in [3.63, 3.8) is 0 Å². The Hall–Kier alpha value is -0.540. The first-order valence-corrected chi connectivity index (χ1v) is 6.23. The number of hydrogen-bond donors (Lipinski definition) is 1. The normalized spacial score (nSPS) is 21.4. The second kappa shape index (κ2) is 4.80. The maximum atomic E-state index is 4.37. The molecule has 0 aromatic carbocycles. The van der Waals surface area contributed by atoms with Gasteiger partial charge >= 0.3 is 0 Å². The molecule has 0 radical (unpaired) electrons. The van der Waals surface area contributed by atoms with E-state index in [0.717, 1.165) is 6.54 Å². The summed E-state index contributed by atoms with van der Waals surface area (Å²) in [7, 11) is 0. The van der Waals surface area contributed by atoms with Crippen LogP contribution in [0.3, 0.4) is 0 Å². The molecular formula is C11H16N2S. The zero-order valence-electron chi connectivity index (χ0n) is 8.49. The Kier molecular flexibility index (Phi) is 3.43. The van der Waals surface area contributed by atoms with Crippen molar-refractivity contribution in [1.29, 1.82) is 0 Å². The van der Waals surface area contributed by atoms with Crippen molar-refractivity contribution in [2.24, 2.45) is 0 Å². The number of pyridine rings is 1. The number of nitrogens with one attached hydrogen (secondary N) is 1. The van der Waals surface area contributed by atoms with E-state index < -0.39 is 0 Å². The highest BCUT2D eigenvalue weighted by atomic mass is 32.2. The first kappa shape index (κ1) is 9.99. The fourth-order valence-electron chi connectivity index (χ4n) is 1.64. The molecule has 2 rings (SSSR count). The first-order chi connectivity index (χ1) is 6.86. The number of nitrogens with zero attached hydrogens (tertiary/aromatic N) is 1. The Morgan fingerprint density at radius 1 is 1.64 bits per heavy atom. The van der Waals surface area contributed by atoms with Crippen molar-refractivity contribution in [3.8, 4) is 0 Å². The van der Waals surface area contributed by atoms with E-state index in [2.05, 4.69) is 23.3 Å². The van der Waals surface area contributed by atoms with Gasteiger partial charge in [-0.3, -0.25) is 4.98 Å². The van der Waals surface area contributed by atoms with Crippen molar-refractivity contribution in [1.82, 2.24) is 10.3 Å². The van der Waals surface area contributed by atoms with Crippen LogP contribution in [0.2, 0.25) is 0 Å². The number of hydrogen-bond acceptors (Lipinski definition) is 3. The summed E-state index contributed by atoms with van der Waals surface area (Å²) in [6.45, 7) is 3.03. The summed E-state index contributed by atoms with van der Waals surface area (Å²) >= 11 is 2.04. The average Bonchev–Trinajstić information content (AvgIpc) is 2.69. The number of aromatic nitrogens is 1. The number of rotatable bonds is 3. The van der Waals surface area contributed by atoms with Crippen LogP contribution in [0.15, 0.2) is 18.3 Å². The van der Waals surface area contributed by atoms with E-state index in [1.165, 1.54) is 29.2 Å². The van der Waals surface area contributed by atoms with Gasteiger partial charge in [0.1, 0.15) is 0 Å². The number of thioether (sulfide) groups is 1. The van der Waals surface area contributed by atoms with Gasteiger partial charge in [-0.25, -0.2) is 0 Å². The van der Waals surface area contributed by atoms with E-state index in [1.54, 1.807) is 0 Å². The van der Waals surface area contributed by atoms with Gasteiger partial charge in [-0.05, 0) is 30.7 Å². The van der Waals surface area contributed by atoms with Crippen LogP contribution in [0.1, 0.15) is 17.7 Å². The summed E-state index contributed by atoms with van der Waals surface area (Å²) in [5.74, 6) is 2.56. The van der Waals surface area contributed by atoms with Crippen molar-refractivity contribution in [3.05, 3.63) is 29.6 Å². The molecule has 0 saturated carbocycles. The van der Waals surface area contributed by atoms with Crippen molar-refractivity contribution >= 4 is 11.8 Å². The minimum atomic E-state index is 0.696. The van der Waals surface area contributed by atoms with Crippen LogP contribution < -0.4 is 5.32 Å². The highest BCUT2D eigenvalue weighted by Crippen LogP contribution is 2.17. The lowest BCUT2D eigenvalue weighted by Gasteiger charge is -2.11. The summed E-state index contributed by atoms with van der Waals surface area (Å²) in [4.78, 5) is 4.37. The molecule has 3 heteroatoms. The van der Waals surface area contributed by atoms with Gasteiger partial charge in [-0.1, -0.05) is 6.07 Å². The molecule has 1 aromatic rings. The maximum Gasteiger partial charge on any atom is 0.0570 e. The molecule has 1 unspecified atom stereocenters. The largest absolute Gasteiger partial charge is 0.308 e. The van der Waals surface area contributed by atoms with Gasteiger partial charge < -0.3 is 5.32 Å². The molecule has 76 valence electrons. The van der Waals surface area contributed by atoms with Crippen LogP contribution in [-0.2, 0) is 6.54 Å². The second-order valence-corrected chi connectivity index (χ2v) is 4.86. The molecule has 1 aliphatic heterocycles. The van der Waals surface area contributed by atoms with Crippen LogP contribution in [0.4, 0.5) is 0 Å². The van der Waals surface area contributed by atoms with Crippen LogP contribution in [0, 0.1) is 6.92 Å². The molecule has 1 atom stereocenters. The van der Waals surface area contributed by atoms with Crippen molar-refractivity contribution in [2.75, 3.05) is 11.5 Å². The smallest absolute Gasteiger partial charge is 0.0570 e.